The van der Waals surface area contributed by atoms with E-state index >= 15 is 0 Å². The lowest BCUT2D eigenvalue weighted by Gasteiger charge is -2.33. The number of hydrogen-bond donors (Lipinski definition) is 2. The molecule has 3 N–H and O–H groups in total. The summed E-state index contributed by atoms with van der Waals surface area (Å²) in [6.07, 6.45) is 3.31. The first-order valence-corrected chi connectivity index (χ1v) is 12.5. The third kappa shape index (κ3) is 12.5. The number of nitrogens with two attached hydrogens (primary N) is 1. The summed E-state index contributed by atoms with van der Waals surface area (Å²) in [4.78, 5) is 51.3. The minimum atomic E-state index is -0.704. The maximum Gasteiger partial charge on any atom is 0.306 e. The summed E-state index contributed by atoms with van der Waals surface area (Å²) in [5.41, 5.74) is 6.47. The number of benzene rings is 1. The number of rotatable bonds is 18. The van der Waals surface area contributed by atoms with Gasteiger partial charge in [0.15, 0.2) is 0 Å². The average Bonchev–Trinajstić information content (AvgIpc) is 2.87. The average molecular weight is 504 g/mol. The standard InChI is InChI=1S/C27H41N3O6/c1-4-19-35-24(32)15-10-18-30(23(31)13-8-16-28)26(21(2)3)27(34)29-17-9-14-25(33)36-20-22-11-6-5-7-12-22/h4-7,11-12,21,26H,1,8-10,13-20,28H2,2-3H3,(H,29,34). The molecule has 0 radical (unpaired) electrons. The molecule has 0 aliphatic heterocycles. The Hall–Kier alpha value is -3.20. The maximum atomic E-state index is 13.0. The number of esters is 2. The number of amides is 2. The van der Waals surface area contributed by atoms with Gasteiger partial charge in [-0.2, -0.15) is 0 Å². The van der Waals surface area contributed by atoms with Crippen molar-refractivity contribution in [2.24, 2.45) is 11.7 Å². The van der Waals surface area contributed by atoms with Crippen molar-refractivity contribution in [1.29, 1.82) is 0 Å². The number of nitrogens with zero attached hydrogens (tertiary/aromatic N) is 1. The molecule has 0 aromatic heterocycles. The number of carbonyl (C=O) groups excluding carboxylic acids is 4. The predicted molar refractivity (Wildman–Crippen MR) is 137 cm³/mol. The van der Waals surface area contributed by atoms with Crippen LogP contribution in [0.5, 0.6) is 0 Å². The number of hydrogen-bond acceptors (Lipinski definition) is 7. The molecular formula is C27H41N3O6. The van der Waals surface area contributed by atoms with E-state index in [1.165, 1.54) is 11.0 Å². The molecule has 0 spiro atoms. The Morgan fingerprint density at radius 2 is 1.67 bits per heavy atom. The van der Waals surface area contributed by atoms with Gasteiger partial charge in [-0.05, 0) is 37.3 Å². The first kappa shape index (κ1) is 30.8. The van der Waals surface area contributed by atoms with Gasteiger partial charge in [0.2, 0.25) is 11.8 Å². The van der Waals surface area contributed by atoms with Crippen LogP contribution in [0, 0.1) is 5.92 Å². The van der Waals surface area contributed by atoms with Gasteiger partial charge in [-0.25, -0.2) is 0 Å². The minimum absolute atomic E-state index is 0.131. The Bertz CT molecular complexity index is 828. The third-order valence-corrected chi connectivity index (χ3v) is 5.39. The summed E-state index contributed by atoms with van der Waals surface area (Å²) in [5, 5.41) is 2.84. The molecule has 2 amide bonds. The van der Waals surface area contributed by atoms with Crippen molar-refractivity contribution in [2.75, 3.05) is 26.2 Å². The lowest BCUT2D eigenvalue weighted by atomic mass is 10.00. The van der Waals surface area contributed by atoms with Crippen molar-refractivity contribution in [1.82, 2.24) is 10.2 Å². The highest BCUT2D eigenvalue weighted by Crippen LogP contribution is 2.15. The largest absolute Gasteiger partial charge is 0.461 e. The van der Waals surface area contributed by atoms with E-state index in [1.54, 1.807) is 0 Å². The molecule has 200 valence electrons. The fourth-order valence-electron chi connectivity index (χ4n) is 3.60. The number of nitrogens with one attached hydrogen (secondary N) is 1. The molecule has 9 nitrogen and oxygen atoms in total. The van der Waals surface area contributed by atoms with E-state index in [0.717, 1.165) is 5.56 Å². The summed E-state index contributed by atoms with van der Waals surface area (Å²) < 4.78 is 10.2. The highest BCUT2D eigenvalue weighted by atomic mass is 16.5. The molecule has 9 heteroatoms. The van der Waals surface area contributed by atoms with E-state index in [4.69, 9.17) is 15.2 Å². The monoisotopic (exact) mass is 503 g/mol. The second kappa shape index (κ2) is 18.1. The summed E-state index contributed by atoms with van der Waals surface area (Å²) >= 11 is 0. The Kier molecular flexibility index (Phi) is 15.5. The van der Waals surface area contributed by atoms with Gasteiger partial charge in [0.05, 0.1) is 0 Å². The van der Waals surface area contributed by atoms with Crippen molar-refractivity contribution in [3.8, 4) is 0 Å². The molecule has 1 aromatic rings. The first-order valence-electron chi connectivity index (χ1n) is 12.5. The molecule has 1 rings (SSSR count). The van der Waals surface area contributed by atoms with E-state index in [0.29, 0.717) is 25.8 Å². The highest BCUT2D eigenvalue weighted by molar-refractivity contribution is 5.88. The zero-order valence-corrected chi connectivity index (χ0v) is 21.6. The molecule has 36 heavy (non-hydrogen) atoms. The van der Waals surface area contributed by atoms with Gasteiger partial charge < -0.3 is 25.4 Å². The Morgan fingerprint density at radius 3 is 2.31 bits per heavy atom. The molecule has 0 saturated heterocycles. The molecule has 0 heterocycles. The van der Waals surface area contributed by atoms with Gasteiger partial charge in [-0.1, -0.05) is 56.8 Å². The molecule has 0 aliphatic carbocycles. The van der Waals surface area contributed by atoms with E-state index in [2.05, 4.69) is 11.9 Å². The number of ether oxygens (including phenoxy) is 2. The van der Waals surface area contributed by atoms with E-state index in [-0.39, 0.29) is 75.2 Å². The SMILES string of the molecule is C=CCOC(=O)CCCN(C(=O)CCCN)C(C(=O)NCCCC(=O)OCc1ccccc1)C(C)C. The smallest absolute Gasteiger partial charge is 0.306 e. The number of carbonyl (C=O) groups is 4. The molecule has 1 atom stereocenters. The van der Waals surface area contributed by atoms with Crippen LogP contribution in [-0.4, -0.2) is 60.9 Å². The third-order valence-electron chi connectivity index (χ3n) is 5.39. The van der Waals surface area contributed by atoms with Crippen molar-refractivity contribution in [3.05, 3.63) is 48.6 Å². The summed E-state index contributed by atoms with van der Waals surface area (Å²) in [5.74, 6) is -1.35. The molecule has 0 saturated carbocycles. The maximum absolute atomic E-state index is 13.0. The van der Waals surface area contributed by atoms with Crippen molar-refractivity contribution >= 4 is 23.8 Å². The van der Waals surface area contributed by atoms with E-state index in [1.807, 2.05) is 44.2 Å². The van der Waals surface area contributed by atoms with Crippen LogP contribution in [0.15, 0.2) is 43.0 Å². The summed E-state index contributed by atoms with van der Waals surface area (Å²) in [6.45, 7) is 8.48. The Balaban J connectivity index is 2.61. The molecule has 1 unspecified atom stereocenters. The van der Waals surface area contributed by atoms with Gasteiger partial charge in [0.25, 0.3) is 0 Å². The van der Waals surface area contributed by atoms with E-state index in [9.17, 15) is 19.2 Å². The zero-order valence-electron chi connectivity index (χ0n) is 21.6. The molecular weight excluding hydrogens is 462 g/mol. The molecule has 0 aliphatic rings. The van der Waals surface area contributed by atoms with Gasteiger partial charge in [0, 0.05) is 32.4 Å². The second-order valence-electron chi connectivity index (χ2n) is 8.78. The zero-order chi connectivity index (χ0) is 26.8. The van der Waals surface area contributed by atoms with Crippen LogP contribution in [0.4, 0.5) is 0 Å². The van der Waals surface area contributed by atoms with Crippen LogP contribution in [0.2, 0.25) is 0 Å². The quantitative estimate of drug-likeness (QED) is 0.179. The lowest BCUT2D eigenvalue weighted by Crippen LogP contribution is -2.53. The van der Waals surface area contributed by atoms with Crippen LogP contribution >= 0.6 is 0 Å². The van der Waals surface area contributed by atoms with Gasteiger partial charge in [0.1, 0.15) is 19.3 Å². The van der Waals surface area contributed by atoms with Crippen LogP contribution in [0.25, 0.3) is 0 Å². The van der Waals surface area contributed by atoms with Crippen molar-refractivity contribution in [2.45, 2.75) is 65.0 Å². The molecule has 0 bridgehead atoms. The Labute approximate surface area is 214 Å². The van der Waals surface area contributed by atoms with Crippen LogP contribution in [0.1, 0.15) is 57.9 Å². The lowest BCUT2D eigenvalue weighted by molar-refractivity contribution is -0.146. The molecule has 0 fully saturated rings. The van der Waals surface area contributed by atoms with Gasteiger partial charge in [-0.3, -0.25) is 19.2 Å². The molecule has 1 aromatic carbocycles. The fourth-order valence-corrected chi connectivity index (χ4v) is 3.60. The topological polar surface area (TPSA) is 128 Å². The second-order valence-corrected chi connectivity index (χ2v) is 8.78. The van der Waals surface area contributed by atoms with Crippen LogP contribution in [-0.2, 0) is 35.3 Å². The van der Waals surface area contributed by atoms with Crippen molar-refractivity contribution in [3.63, 3.8) is 0 Å². The van der Waals surface area contributed by atoms with E-state index < -0.39 is 6.04 Å². The van der Waals surface area contributed by atoms with Gasteiger partial charge in [-0.15, -0.1) is 0 Å². The van der Waals surface area contributed by atoms with Crippen LogP contribution < -0.4 is 11.1 Å². The first-order chi connectivity index (χ1) is 17.3. The Morgan fingerprint density at radius 1 is 1.00 bits per heavy atom. The minimum Gasteiger partial charge on any atom is -0.461 e. The fraction of sp³-hybridized carbons (Fsp3) is 0.556. The van der Waals surface area contributed by atoms with Crippen LogP contribution in [0.3, 0.4) is 0 Å². The normalized spacial score (nSPS) is 11.4. The highest BCUT2D eigenvalue weighted by Gasteiger charge is 2.31. The summed E-state index contributed by atoms with van der Waals surface area (Å²) in [7, 11) is 0. The predicted octanol–water partition coefficient (Wildman–Crippen LogP) is 2.73. The van der Waals surface area contributed by atoms with Gasteiger partial charge >= 0.3 is 11.9 Å². The summed E-state index contributed by atoms with van der Waals surface area (Å²) in [6, 6.07) is 8.70. The van der Waals surface area contributed by atoms with Crippen molar-refractivity contribution < 1.29 is 28.7 Å².